The van der Waals surface area contributed by atoms with E-state index >= 15 is 0 Å². The Balaban J connectivity index is 2.16. The number of nitrogens with one attached hydrogen (secondary N) is 1. The molecule has 0 unspecified atom stereocenters. The van der Waals surface area contributed by atoms with Crippen molar-refractivity contribution in [1.82, 2.24) is 24.6 Å². The number of carbonyl (C=O) groups excluding carboxylic acids is 1. The molecule has 3 rings (SSSR count). The summed E-state index contributed by atoms with van der Waals surface area (Å²) in [4.78, 5) is 28.2. The highest BCUT2D eigenvalue weighted by molar-refractivity contribution is 5.77. The van der Waals surface area contributed by atoms with Gasteiger partial charge >= 0.3 is 0 Å². The molecule has 1 aromatic carbocycles. The van der Waals surface area contributed by atoms with Crippen LogP contribution in [0.3, 0.4) is 0 Å². The Bertz CT molecular complexity index is 955. The van der Waals surface area contributed by atoms with Crippen molar-refractivity contribution >= 4 is 16.9 Å². The quantitative estimate of drug-likeness (QED) is 0.780. The standard InChI is InChI=1S/C16H17N5O2/c1-10-5-4-6-13(11(10)2)21-15-12(7-19-21)16(23)20(9-18-15)8-14(22)17-3/h4-7,9H,8H2,1-3H3,(H,17,22). The van der Waals surface area contributed by atoms with Crippen molar-refractivity contribution < 1.29 is 4.79 Å². The van der Waals surface area contributed by atoms with Gasteiger partial charge < -0.3 is 5.32 Å². The maximum Gasteiger partial charge on any atom is 0.264 e. The Kier molecular flexibility index (Phi) is 3.69. The van der Waals surface area contributed by atoms with Gasteiger partial charge in [0.1, 0.15) is 18.3 Å². The van der Waals surface area contributed by atoms with Gasteiger partial charge in [0, 0.05) is 7.05 Å². The third-order valence-electron chi connectivity index (χ3n) is 3.95. The van der Waals surface area contributed by atoms with Crippen LogP contribution in [0.2, 0.25) is 0 Å². The zero-order valence-corrected chi connectivity index (χ0v) is 13.2. The lowest BCUT2D eigenvalue weighted by Gasteiger charge is -2.09. The molecule has 23 heavy (non-hydrogen) atoms. The minimum absolute atomic E-state index is 0.0626. The molecule has 1 N–H and O–H groups in total. The number of rotatable bonds is 3. The summed E-state index contributed by atoms with van der Waals surface area (Å²) < 4.78 is 2.93. The van der Waals surface area contributed by atoms with Gasteiger partial charge in [0.15, 0.2) is 5.65 Å². The molecule has 7 heteroatoms. The zero-order valence-electron chi connectivity index (χ0n) is 13.2. The maximum atomic E-state index is 12.5. The van der Waals surface area contributed by atoms with E-state index in [1.165, 1.54) is 24.1 Å². The molecule has 0 aliphatic carbocycles. The van der Waals surface area contributed by atoms with Gasteiger partial charge in [-0.15, -0.1) is 0 Å². The highest BCUT2D eigenvalue weighted by Gasteiger charge is 2.14. The predicted molar refractivity (Wildman–Crippen MR) is 86.7 cm³/mol. The summed E-state index contributed by atoms with van der Waals surface area (Å²) in [6.45, 7) is 3.96. The summed E-state index contributed by atoms with van der Waals surface area (Å²) >= 11 is 0. The number of aryl methyl sites for hydroxylation is 1. The molecule has 2 aromatic heterocycles. The summed E-state index contributed by atoms with van der Waals surface area (Å²) in [7, 11) is 1.53. The van der Waals surface area contributed by atoms with Crippen LogP contribution >= 0.6 is 0 Å². The molecule has 0 saturated heterocycles. The van der Waals surface area contributed by atoms with Crippen molar-refractivity contribution in [2.24, 2.45) is 0 Å². The number of benzene rings is 1. The Labute approximate surface area is 132 Å². The van der Waals surface area contributed by atoms with Crippen LogP contribution in [0.5, 0.6) is 0 Å². The van der Waals surface area contributed by atoms with Gasteiger partial charge in [-0.1, -0.05) is 12.1 Å². The van der Waals surface area contributed by atoms with Crippen LogP contribution in [0.1, 0.15) is 11.1 Å². The summed E-state index contributed by atoms with van der Waals surface area (Å²) in [5, 5.41) is 7.18. The first kappa shape index (κ1) is 15.0. The summed E-state index contributed by atoms with van der Waals surface area (Å²) in [6, 6.07) is 5.90. The topological polar surface area (TPSA) is 81.8 Å². The molecular weight excluding hydrogens is 294 g/mol. The van der Waals surface area contributed by atoms with Gasteiger partial charge in [-0.3, -0.25) is 14.2 Å². The molecular formula is C16H17N5O2. The zero-order chi connectivity index (χ0) is 16.6. The van der Waals surface area contributed by atoms with Crippen molar-refractivity contribution in [2.75, 3.05) is 7.05 Å². The summed E-state index contributed by atoms with van der Waals surface area (Å²) in [5.41, 5.74) is 3.30. The van der Waals surface area contributed by atoms with E-state index in [0.29, 0.717) is 11.0 Å². The molecule has 0 bridgehead atoms. The van der Waals surface area contributed by atoms with Crippen LogP contribution in [0, 0.1) is 13.8 Å². The molecule has 0 spiro atoms. The van der Waals surface area contributed by atoms with Crippen molar-refractivity contribution in [2.45, 2.75) is 20.4 Å². The maximum absolute atomic E-state index is 12.5. The lowest BCUT2D eigenvalue weighted by molar-refractivity contribution is -0.121. The third kappa shape index (κ3) is 2.50. The minimum atomic E-state index is -0.282. The second kappa shape index (κ2) is 5.68. The van der Waals surface area contributed by atoms with Crippen molar-refractivity contribution in [1.29, 1.82) is 0 Å². The largest absolute Gasteiger partial charge is 0.358 e. The van der Waals surface area contributed by atoms with E-state index in [9.17, 15) is 9.59 Å². The van der Waals surface area contributed by atoms with Gasteiger partial charge in [0.05, 0.1) is 11.9 Å². The van der Waals surface area contributed by atoms with Crippen LogP contribution in [0.25, 0.3) is 16.7 Å². The molecule has 3 aromatic rings. The van der Waals surface area contributed by atoms with Gasteiger partial charge in [-0.25, -0.2) is 9.67 Å². The molecule has 1 amide bonds. The van der Waals surface area contributed by atoms with Gasteiger partial charge in [0.2, 0.25) is 5.91 Å². The van der Waals surface area contributed by atoms with Crippen molar-refractivity contribution in [3.8, 4) is 5.69 Å². The van der Waals surface area contributed by atoms with E-state index in [-0.39, 0.29) is 18.0 Å². The average molecular weight is 311 g/mol. The monoisotopic (exact) mass is 311 g/mol. The number of likely N-dealkylation sites (N-methyl/N-ethyl adjacent to an activating group) is 1. The Hall–Kier alpha value is -2.96. The number of nitrogens with zero attached hydrogens (tertiary/aromatic N) is 4. The van der Waals surface area contributed by atoms with Crippen LogP contribution in [0.15, 0.2) is 35.5 Å². The number of aromatic nitrogens is 4. The summed E-state index contributed by atoms with van der Waals surface area (Å²) in [6.07, 6.45) is 2.87. The van der Waals surface area contributed by atoms with E-state index in [2.05, 4.69) is 15.4 Å². The highest BCUT2D eigenvalue weighted by Crippen LogP contribution is 2.19. The first-order valence-corrected chi connectivity index (χ1v) is 7.23. The van der Waals surface area contributed by atoms with Crippen LogP contribution in [0.4, 0.5) is 0 Å². The molecule has 0 aliphatic heterocycles. The molecule has 0 radical (unpaired) electrons. The lowest BCUT2D eigenvalue weighted by Crippen LogP contribution is -2.30. The lowest BCUT2D eigenvalue weighted by atomic mass is 10.1. The molecule has 0 aliphatic rings. The molecule has 2 heterocycles. The Morgan fingerprint density at radius 3 is 2.83 bits per heavy atom. The molecule has 0 fully saturated rings. The molecule has 0 saturated carbocycles. The number of hydrogen-bond acceptors (Lipinski definition) is 4. The predicted octanol–water partition coefficient (Wildman–Crippen LogP) is 0.945. The highest BCUT2D eigenvalue weighted by atomic mass is 16.2. The number of amides is 1. The van der Waals surface area contributed by atoms with E-state index < -0.39 is 0 Å². The van der Waals surface area contributed by atoms with Gasteiger partial charge in [-0.2, -0.15) is 5.10 Å². The Morgan fingerprint density at radius 1 is 1.30 bits per heavy atom. The van der Waals surface area contributed by atoms with E-state index in [1.807, 2.05) is 32.0 Å². The number of hydrogen-bond donors (Lipinski definition) is 1. The molecule has 0 atom stereocenters. The summed E-state index contributed by atoms with van der Waals surface area (Å²) in [5.74, 6) is -0.254. The molecule has 118 valence electrons. The second-order valence-corrected chi connectivity index (χ2v) is 5.36. The van der Waals surface area contributed by atoms with E-state index in [4.69, 9.17) is 0 Å². The fourth-order valence-electron chi connectivity index (χ4n) is 2.44. The second-order valence-electron chi connectivity index (χ2n) is 5.36. The smallest absolute Gasteiger partial charge is 0.264 e. The SMILES string of the molecule is CNC(=O)Cn1cnc2c(cnn2-c2cccc(C)c2C)c1=O. The first-order valence-electron chi connectivity index (χ1n) is 7.23. The van der Waals surface area contributed by atoms with E-state index in [1.54, 1.807) is 4.68 Å². The normalized spacial score (nSPS) is 10.9. The van der Waals surface area contributed by atoms with Crippen LogP contribution in [-0.2, 0) is 11.3 Å². The minimum Gasteiger partial charge on any atom is -0.358 e. The van der Waals surface area contributed by atoms with Crippen molar-refractivity contribution in [3.05, 3.63) is 52.2 Å². The van der Waals surface area contributed by atoms with Crippen molar-refractivity contribution in [3.63, 3.8) is 0 Å². The fraction of sp³-hybridized carbons (Fsp3) is 0.250. The fourth-order valence-corrected chi connectivity index (χ4v) is 2.44. The number of fused-ring (bicyclic) bond motifs is 1. The van der Waals surface area contributed by atoms with Crippen LogP contribution in [-0.4, -0.2) is 32.3 Å². The average Bonchev–Trinajstić information content (AvgIpc) is 2.97. The molecule has 7 nitrogen and oxygen atoms in total. The van der Waals surface area contributed by atoms with E-state index in [0.717, 1.165) is 16.8 Å². The first-order chi connectivity index (χ1) is 11.0. The Morgan fingerprint density at radius 2 is 2.09 bits per heavy atom. The van der Waals surface area contributed by atoms with Gasteiger partial charge in [0.25, 0.3) is 5.56 Å². The van der Waals surface area contributed by atoms with Gasteiger partial charge in [-0.05, 0) is 31.0 Å². The third-order valence-corrected chi connectivity index (χ3v) is 3.95. The number of carbonyl (C=O) groups is 1. The van der Waals surface area contributed by atoms with Crippen LogP contribution < -0.4 is 10.9 Å².